The first kappa shape index (κ1) is 17.6. The van der Waals surface area contributed by atoms with Gasteiger partial charge in [-0.05, 0) is 43.5 Å². The molecular formula is C21H24N2O4. The molecule has 142 valence electrons. The standard InChI is InChI=1S/C21H24N2O4/c1-26-19-9-4-8-18-17(19)7-2-3-10-23(18)21(25)15-12-20(24)22(13-15)14-16-6-5-11-27-16/h4-6,8-9,11,15H,2-3,7,10,12-14H2,1H3. The van der Waals surface area contributed by atoms with Gasteiger partial charge in [-0.2, -0.15) is 0 Å². The quantitative estimate of drug-likeness (QED) is 0.832. The Morgan fingerprint density at radius 3 is 2.93 bits per heavy atom. The average Bonchev–Trinajstić information content (AvgIpc) is 3.26. The SMILES string of the molecule is COc1cccc2c1CCCCN2C(=O)C1CC(=O)N(Cc2ccco2)C1. The van der Waals surface area contributed by atoms with E-state index >= 15 is 0 Å². The van der Waals surface area contributed by atoms with E-state index in [4.69, 9.17) is 9.15 Å². The highest BCUT2D eigenvalue weighted by atomic mass is 16.5. The monoisotopic (exact) mass is 368 g/mol. The number of carbonyl (C=O) groups excluding carboxylic acids is 2. The normalized spacial score (nSPS) is 19.7. The number of methoxy groups -OCH3 is 1. The van der Waals surface area contributed by atoms with Crippen molar-refractivity contribution in [1.82, 2.24) is 4.90 Å². The minimum Gasteiger partial charge on any atom is -0.496 e. The fourth-order valence-electron chi connectivity index (χ4n) is 4.07. The van der Waals surface area contributed by atoms with Crippen LogP contribution in [0.25, 0.3) is 0 Å². The number of hydrogen-bond acceptors (Lipinski definition) is 4. The maximum atomic E-state index is 13.3. The molecule has 4 rings (SSSR count). The number of furan rings is 1. The van der Waals surface area contributed by atoms with Gasteiger partial charge in [0.05, 0.1) is 31.5 Å². The third-order valence-corrected chi connectivity index (χ3v) is 5.43. The summed E-state index contributed by atoms with van der Waals surface area (Å²) in [6, 6.07) is 9.50. The smallest absolute Gasteiger partial charge is 0.232 e. The second-order valence-corrected chi connectivity index (χ2v) is 7.16. The number of likely N-dealkylation sites (tertiary alicyclic amines) is 1. The van der Waals surface area contributed by atoms with Crippen LogP contribution >= 0.6 is 0 Å². The number of rotatable bonds is 4. The van der Waals surface area contributed by atoms with Crippen molar-refractivity contribution in [2.45, 2.75) is 32.2 Å². The van der Waals surface area contributed by atoms with Crippen molar-refractivity contribution in [2.24, 2.45) is 5.92 Å². The van der Waals surface area contributed by atoms with Gasteiger partial charge in [-0.15, -0.1) is 0 Å². The molecule has 0 radical (unpaired) electrons. The van der Waals surface area contributed by atoms with Gasteiger partial charge in [0.15, 0.2) is 0 Å². The van der Waals surface area contributed by atoms with Gasteiger partial charge in [-0.3, -0.25) is 9.59 Å². The van der Waals surface area contributed by atoms with E-state index in [-0.39, 0.29) is 24.2 Å². The Balaban J connectivity index is 1.54. The van der Waals surface area contributed by atoms with Crippen LogP contribution in [0.4, 0.5) is 5.69 Å². The molecule has 1 fully saturated rings. The number of anilines is 1. The lowest BCUT2D eigenvalue weighted by Crippen LogP contribution is -2.38. The lowest BCUT2D eigenvalue weighted by molar-refractivity contribution is -0.129. The number of ether oxygens (including phenoxy) is 1. The summed E-state index contributed by atoms with van der Waals surface area (Å²) < 4.78 is 10.8. The molecule has 1 unspecified atom stereocenters. The third-order valence-electron chi connectivity index (χ3n) is 5.43. The molecule has 0 bridgehead atoms. The molecule has 3 heterocycles. The van der Waals surface area contributed by atoms with Crippen LogP contribution in [0.1, 0.15) is 30.6 Å². The molecule has 2 aliphatic rings. The Hall–Kier alpha value is -2.76. The van der Waals surface area contributed by atoms with E-state index in [9.17, 15) is 9.59 Å². The van der Waals surface area contributed by atoms with E-state index in [0.717, 1.165) is 42.0 Å². The van der Waals surface area contributed by atoms with Crippen LogP contribution in [-0.4, -0.2) is 36.9 Å². The summed E-state index contributed by atoms with van der Waals surface area (Å²) in [4.78, 5) is 29.3. The molecule has 2 aliphatic heterocycles. The maximum Gasteiger partial charge on any atom is 0.232 e. The predicted octanol–water partition coefficient (Wildman–Crippen LogP) is 3.01. The van der Waals surface area contributed by atoms with E-state index in [1.165, 1.54) is 0 Å². The number of nitrogens with zero attached hydrogens (tertiary/aromatic N) is 2. The van der Waals surface area contributed by atoms with Crippen molar-refractivity contribution in [1.29, 1.82) is 0 Å². The van der Waals surface area contributed by atoms with Crippen LogP contribution in [0.2, 0.25) is 0 Å². The van der Waals surface area contributed by atoms with Crippen LogP contribution in [0.3, 0.4) is 0 Å². The summed E-state index contributed by atoms with van der Waals surface area (Å²) >= 11 is 0. The molecule has 6 nitrogen and oxygen atoms in total. The predicted molar refractivity (Wildman–Crippen MR) is 101 cm³/mol. The molecule has 0 N–H and O–H groups in total. The first-order valence-corrected chi connectivity index (χ1v) is 9.45. The minimum atomic E-state index is -0.315. The Labute approximate surface area is 158 Å². The van der Waals surface area contributed by atoms with Gasteiger partial charge in [0, 0.05) is 25.1 Å². The fraction of sp³-hybridized carbons (Fsp3) is 0.429. The lowest BCUT2D eigenvalue weighted by atomic mass is 10.0. The second-order valence-electron chi connectivity index (χ2n) is 7.16. The van der Waals surface area contributed by atoms with E-state index in [1.54, 1.807) is 24.3 Å². The first-order valence-electron chi connectivity index (χ1n) is 9.45. The zero-order valence-electron chi connectivity index (χ0n) is 15.5. The van der Waals surface area contributed by atoms with Crippen molar-refractivity contribution in [3.05, 3.63) is 47.9 Å². The average molecular weight is 368 g/mol. The van der Waals surface area contributed by atoms with Crippen LogP contribution in [-0.2, 0) is 22.6 Å². The first-order chi connectivity index (χ1) is 13.2. The number of amides is 2. The van der Waals surface area contributed by atoms with E-state index in [1.807, 2.05) is 29.2 Å². The van der Waals surface area contributed by atoms with Gasteiger partial charge < -0.3 is 19.0 Å². The Morgan fingerprint density at radius 1 is 1.26 bits per heavy atom. The molecule has 1 atom stereocenters. The maximum absolute atomic E-state index is 13.3. The van der Waals surface area contributed by atoms with Gasteiger partial charge in [0.25, 0.3) is 0 Å². The molecular weight excluding hydrogens is 344 g/mol. The topological polar surface area (TPSA) is 63.0 Å². The van der Waals surface area contributed by atoms with Crippen molar-refractivity contribution < 1.29 is 18.7 Å². The number of benzene rings is 1. The highest BCUT2D eigenvalue weighted by molar-refractivity contribution is 5.99. The largest absolute Gasteiger partial charge is 0.496 e. The Kier molecular flexibility index (Phi) is 4.88. The molecule has 1 aromatic carbocycles. The zero-order valence-corrected chi connectivity index (χ0v) is 15.5. The van der Waals surface area contributed by atoms with Gasteiger partial charge in [0.2, 0.25) is 11.8 Å². The van der Waals surface area contributed by atoms with Crippen LogP contribution in [0.15, 0.2) is 41.0 Å². The molecule has 2 amide bonds. The lowest BCUT2D eigenvalue weighted by Gasteiger charge is -2.26. The molecule has 0 saturated carbocycles. The van der Waals surface area contributed by atoms with E-state index in [2.05, 4.69) is 0 Å². The van der Waals surface area contributed by atoms with Crippen LogP contribution < -0.4 is 9.64 Å². The van der Waals surface area contributed by atoms with Gasteiger partial charge in [-0.25, -0.2) is 0 Å². The van der Waals surface area contributed by atoms with Gasteiger partial charge in [0.1, 0.15) is 11.5 Å². The van der Waals surface area contributed by atoms with E-state index < -0.39 is 0 Å². The number of fused-ring (bicyclic) bond motifs is 1. The van der Waals surface area contributed by atoms with Crippen molar-refractivity contribution in [3.8, 4) is 5.75 Å². The minimum absolute atomic E-state index is 0.00503. The third kappa shape index (κ3) is 3.44. The summed E-state index contributed by atoms with van der Waals surface area (Å²) in [5, 5.41) is 0. The van der Waals surface area contributed by atoms with E-state index in [0.29, 0.717) is 19.6 Å². The summed E-state index contributed by atoms with van der Waals surface area (Å²) in [5.41, 5.74) is 2.01. The molecule has 1 aromatic heterocycles. The molecule has 2 aromatic rings. The van der Waals surface area contributed by atoms with Crippen LogP contribution in [0.5, 0.6) is 5.75 Å². The Bertz CT molecular complexity index is 831. The second kappa shape index (κ2) is 7.47. The molecule has 6 heteroatoms. The van der Waals surface area contributed by atoms with Crippen molar-refractivity contribution in [3.63, 3.8) is 0 Å². The number of hydrogen-bond donors (Lipinski definition) is 0. The zero-order chi connectivity index (χ0) is 18.8. The van der Waals surface area contributed by atoms with Gasteiger partial charge in [-0.1, -0.05) is 6.07 Å². The molecule has 1 saturated heterocycles. The van der Waals surface area contributed by atoms with Crippen molar-refractivity contribution in [2.75, 3.05) is 25.1 Å². The molecule has 27 heavy (non-hydrogen) atoms. The van der Waals surface area contributed by atoms with Gasteiger partial charge >= 0.3 is 0 Å². The van der Waals surface area contributed by atoms with Crippen molar-refractivity contribution >= 4 is 17.5 Å². The highest BCUT2D eigenvalue weighted by Gasteiger charge is 2.38. The Morgan fingerprint density at radius 2 is 2.15 bits per heavy atom. The summed E-state index contributed by atoms with van der Waals surface area (Å²) in [7, 11) is 1.66. The van der Waals surface area contributed by atoms with Crippen LogP contribution in [0, 0.1) is 5.92 Å². The molecule has 0 aliphatic carbocycles. The highest BCUT2D eigenvalue weighted by Crippen LogP contribution is 2.35. The summed E-state index contributed by atoms with van der Waals surface area (Å²) in [6.45, 7) is 1.54. The number of carbonyl (C=O) groups is 2. The summed E-state index contributed by atoms with van der Waals surface area (Å²) in [5.74, 6) is 1.28. The fourth-order valence-corrected chi connectivity index (χ4v) is 4.07. The summed E-state index contributed by atoms with van der Waals surface area (Å²) in [6.07, 6.45) is 4.72. The molecule has 0 spiro atoms.